The Balaban J connectivity index is 1.40. The second kappa shape index (κ2) is 8.73. The van der Waals surface area contributed by atoms with E-state index in [0.29, 0.717) is 37.3 Å². The van der Waals surface area contributed by atoms with Crippen LogP contribution in [0.15, 0.2) is 35.5 Å². The lowest BCUT2D eigenvalue weighted by Crippen LogP contribution is -2.44. The van der Waals surface area contributed by atoms with Gasteiger partial charge < -0.3 is 9.80 Å². The molecule has 0 radical (unpaired) electrons. The van der Waals surface area contributed by atoms with Gasteiger partial charge in [0, 0.05) is 32.4 Å². The molecule has 0 bridgehead atoms. The van der Waals surface area contributed by atoms with Crippen molar-refractivity contribution in [1.82, 2.24) is 19.8 Å². The van der Waals surface area contributed by atoms with Crippen LogP contribution in [0.2, 0.25) is 10.3 Å². The summed E-state index contributed by atoms with van der Waals surface area (Å²) in [6.07, 6.45) is 6.33. The molecular weight excluding hydrogens is 443 g/mol. The van der Waals surface area contributed by atoms with Gasteiger partial charge in [-0.1, -0.05) is 23.2 Å². The molecule has 6 nitrogen and oxygen atoms in total. The van der Waals surface area contributed by atoms with E-state index in [9.17, 15) is 9.59 Å². The zero-order chi connectivity index (χ0) is 21.3. The fraction of sp³-hybridized carbons (Fsp3) is 0.429. The highest BCUT2D eigenvalue weighted by molar-refractivity contribution is 7.98. The number of hydrogen-bond donors (Lipinski definition) is 0. The van der Waals surface area contributed by atoms with Gasteiger partial charge in [-0.15, -0.1) is 11.8 Å². The van der Waals surface area contributed by atoms with Gasteiger partial charge in [-0.2, -0.15) is 0 Å². The summed E-state index contributed by atoms with van der Waals surface area (Å²) in [7, 11) is 0. The molecule has 0 saturated carbocycles. The van der Waals surface area contributed by atoms with Gasteiger partial charge >= 0.3 is 0 Å². The Morgan fingerprint density at radius 2 is 1.67 bits per heavy atom. The van der Waals surface area contributed by atoms with Crippen LogP contribution in [0, 0.1) is 5.41 Å². The number of aromatic nitrogens is 2. The molecule has 4 heterocycles. The topological polar surface area (TPSA) is 66.4 Å². The van der Waals surface area contributed by atoms with Gasteiger partial charge in [0.25, 0.3) is 11.8 Å². The van der Waals surface area contributed by atoms with E-state index < -0.39 is 0 Å². The fourth-order valence-corrected chi connectivity index (χ4v) is 5.30. The molecule has 2 amide bonds. The van der Waals surface area contributed by atoms with Crippen LogP contribution in [0.25, 0.3) is 0 Å². The maximum atomic E-state index is 13.0. The standard InChI is InChI=1S/C21H22Cl2N4O2S/c1-30-18-15(3-2-9-24-18)20(29)26-10-6-21(7-11-26)8-12-27(13-21)19(28)14-4-5-16(22)25-17(14)23/h2-5,9H,6-8,10-13H2,1H3. The Kier molecular flexibility index (Phi) is 6.23. The normalized spacial score (nSPS) is 18.1. The molecule has 2 saturated heterocycles. The quantitative estimate of drug-likeness (QED) is 0.500. The van der Waals surface area contributed by atoms with E-state index in [-0.39, 0.29) is 27.5 Å². The fourth-order valence-electron chi connectivity index (χ4n) is 4.33. The first-order valence-corrected chi connectivity index (χ1v) is 11.8. The number of halogens is 2. The van der Waals surface area contributed by atoms with Crippen LogP contribution >= 0.6 is 35.0 Å². The molecule has 2 aliphatic heterocycles. The molecule has 1 spiro atoms. The van der Waals surface area contributed by atoms with E-state index in [1.165, 1.54) is 11.8 Å². The first kappa shape index (κ1) is 21.4. The molecule has 9 heteroatoms. The summed E-state index contributed by atoms with van der Waals surface area (Å²) in [5, 5.41) is 1.16. The number of hydrogen-bond acceptors (Lipinski definition) is 5. The van der Waals surface area contributed by atoms with Gasteiger partial charge in [0.05, 0.1) is 11.1 Å². The third-order valence-corrected chi connectivity index (χ3v) is 7.29. The lowest BCUT2D eigenvalue weighted by Gasteiger charge is -2.39. The Morgan fingerprint density at radius 1 is 1.00 bits per heavy atom. The molecule has 0 atom stereocenters. The van der Waals surface area contributed by atoms with Crippen LogP contribution < -0.4 is 0 Å². The maximum Gasteiger partial charge on any atom is 0.257 e. The number of thioether (sulfide) groups is 1. The average molecular weight is 465 g/mol. The van der Waals surface area contributed by atoms with E-state index >= 15 is 0 Å². The summed E-state index contributed by atoms with van der Waals surface area (Å²) in [5.41, 5.74) is 1.09. The van der Waals surface area contributed by atoms with Crippen LogP contribution in [0.3, 0.4) is 0 Å². The van der Waals surface area contributed by atoms with E-state index in [2.05, 4.69) is 9.97 Å². The molecule has 4 rings (SSSR count). The first-order chi connectivity index (χ1) is 14.4. The SMILES string of the molecule is CSc1ncccc1C(=O)N1CCC2(CCN(C(=O)c3ccc(Cl)nc3Cl)C2)CC1. The Hall–Kier alpha value is -1.83. The predicted octanol–water partition coefficient (Wildman–Crippen LogP) is 4.27. The van der Waals surface area contributed by atoms with Gasteiger partial charge in [0.1, 0.15) is 15.3 Å². The molecule has 0 unspecified atom stereocenters. The smallest absolute Gasteiger partial charge is 0.257 e. The number of carbonyl (C=O) groups is 2. The van der Waals surface area contributed by atoms with Crippen molar-refractivity contribution in [3.63, 3.8) is 0 Å². The maximum absolute atomic E-state index is 13.0. The monoisotopic (exact) mass is 464 g/mol. The molecular formula is C21H22Cl2N4O2S. The van der Waals surface area contributed by atoms with Crippen LogP contribution in [0.4, 0.5) is 0 Å². The summed E-state index contributed by atoms with van der Waals surface area (Å²) >= 11 is 13.4. The number of amides is 2. The van der Waals surface area contributed by atoms with Gasteiger partial charge in [-0.05, 0) is 55.2 Å². The summed E-state index contributed by atoms with van der Waals surface area (Å²) in [6.45, 7) is 2.74. The lowest BCUT2D eigenvalue weighted by atomic mass is 9.77. The second-order valence-corrected chi connectivity index (χ2v) is 9.34. The molecule has 158 valence electrons. The molecule has 2 aliphatic rings. The van der Waals surface area contributed by atoms with Crippen molar-refractivity contribution >= 4 is 46.8 Å². The van der Waals surface area contributed by atoms with Crippen LogP contribution in [0.5, 0.6) is 0 Å². The molecule has 0 aliphatic carbocycles. The number of piperidine rings is 1. The van der Waals surface area contributed by atoms with Crippen molar-refractivity contribution in [1.29, 1.82) is 0 Å². The van der Waals surface area contributed by atoms with Gasteiger partial charge in [0.2, 0.25) is 0 Å². The highest BCUT2D eigenvalue weighted by atomic mass is 35.5. The Labute approximate surface area is 190 Å². The van der Waals surface area contributed by atoms with Crippen LogP contribution in [0.1, 0.15) is 40.0 Å². The molecule has 2 aromatic heterocycles. The van der Waals surface area contributed by atoms with Crippen LogP contribution in [-0.4, -0.2) is 64.0 Å². The van der Waals surface area contributed by atoms with Crippen molar-refractivity contribution in [2.24, 2.45) is 5.41 Å². The van der Waals surface area contributed by atoms with Crippen molar-refractivity contribution in [3.8, 4) is 0 Å². The van der Waals surface area contributed by atoms with Crippen molar-refractivity contribution < 1.29 is 9.59 Å². The zero-order valence-corrected chi connectivity index (χ0v) is 18.9. The molecule has 2 fully saturated rings. The minimum Gasteiger partial charge on any atom is -0.339 e. The average Bonchev–Trinajstić information content (AvgIpc) is 3.17. The highest BCUT2D eigenvalue weighted by Crippen LogP contribution is 2.41. The minimum absolute atomic E-state index is 0.0345. The number of likely N-dealkylation sites (tertiary alicyclic amines) is 2. The lowest BCUT2D eigenvalue weighted by molar-refractivity contribution is 0.0562. The van der Waals surface area contributed by atoms with Crippen molar-refractivity contribution in [2.45, 2.75) is 24.3 Å². The number of nitrogens with zero attached hydrogens (tertiary/aromatic N) is 4. The number of carbonyl (C=O) groups excluding carboxylic acids is 2. The van der Waals surface area contributed by atoms with Gasteiger partial charge in [-0.25, -0.2) is 9.97 Å². The zero-order valence-electron chi connectivity index (χ0n) is 16.6. The van der Waals surface area contributed by atoms with Crippen LogP contribution in [-0.2, 0) is 0 Å². The minimum atomic E-state index is -0.112. The molecule has 0 aromatic carbocycles. The summed E-state index contributed by atoms with van der Waals surface area (Å²) in [5.74, 6) is -0.0771. The van der Waals surface area contributed by atoms with E-state index in [1.807, 2.05) is 22.1 Å². The third kappa shape index (κ3) is 4.15. The summed E-state index contributed by atoms with van der Waals surface area (Å²) in [4.78, 5) is 37.9. The number of pyridine rings is 2. The molecule has 2 aromatic rings. The third-order valence-electron chi connectivity index (χ3n) is 6.08. The Bertz CT molecular complexity index is 979. The summed E-state index contributed by atoms with van der Waals surface area (Å²) < 4.78 is 0. The predicted molar refractivity (Wildman–Crippen MR) is 118 cm³/mol. The number of rotatable bonds is 3. The first-order valence-electron chi connectivity index (χ1n) is 9.82. The van der Waals surface area contributed by atoms with E-state index in [1.54, 1.807) is 24.4 Å². The second-order valence-electron chi connectivity index (χ2n) is 7.80. The highest BCUT2D eigenvalue weighted by Gasteiger charge is 2.43. The van der Waals surface area contributed by atoms with Gasteiger partial charge in [0.15, 0.2) is 0 Å². The Morgan fingerprint density at radius 3 is 2.33 bits per heavy atom. The van der Waals surface area contributed by atoms with E-state index in [0.717, 1.165) is 24.3 Å². The largest absolute Gasteiger partial charge is 0.339 e. The van der Waals surface area contributed by atoms with Crippen molar-refractivity contribution in [3.05, 3.63) is 51.9 Å². The van der Waals surface area contributed by atoms with E-state index in [4.69, 9.17) is 23.2 Å². The molecule has 0 N–H and O–H groups in total. The van der Waals surface area contributed by atoms with Crippen molar-refractivity contribution in [2.75, 3.05) is 32.4 Å². The summed E-state index contributed by atoms with van der Waals surface area (Å²) in [6, 6.07) is 6.85. The van der Waals surface area contributed by atoms with Gasteiger partial charge in [-0.3, -0.25) is 9.59 Å². The molecule has 30 heavy (non-hydrogen) atoms.